The van der Waals surface area contributed by atoms with Crippen LogP contribution in [0.2, 0.25) is 0 Å². The summed E-state index contributed by atoms with van der Waals surface area (Å²) in [4.78, 5) is 15.3. The summed E-state index contributed by atoms with van der Waals surface area (Å²) in [5.41, 5.74) is 0.815. The summed E-state index contributed by atoms with van der Waals surface area (Å²) in [5, 5.41) is 9.27. The molecule has 1 unspecified atom stereocenters. The molecule has 1 N–H and O–H groups in total. The molecule has 1 aromatic rings. The molecule has 0 aromatic carbocycles. The van der Waals surface area contributed by atoms with Gasteiger partial charge in [-0.15, -0.1) is 11.8 Å². The van der Waals surface area contributed by atoms with Crippen molar-refractivity contribution in [2.45, 2.75) is 17.6 Å². The number of carboxylic acid groups (broad SMARTS) is 1. The topological polar surface area (TPSA) is 50.2 Å². The molecule has 1 aliphatic rings. The summed E-state index contributed by atoms with van der Waals surface area (Å²) in [6, 6.07) is 3.64. The highest BCUT2D eigenvalue weighted by Gasteiger charge is 2.44. The van der Waals surface area contributed by atoms with Crippen LogP contribution in [-0.4, -0.2) is 21.8 Å². The molecule has 1 aromatic heterocycles. The van der Waals surface area contributed by atoms with Gasteiger partial charge in [-0.05, 0) is 30.2 Å². The Morgan fingerprint density at radius 1 is 1.64 bits per heavy atom. The van der Waals surface area contributed by atoms with Crippen LogP contribution in [0.5, 0.6) is 0 Å². The smallest absolute Gasteiger partial charge is 0.324 e. The van der Waals surface area contributed by atoms with E-state index in [-0.39, 0.29) is 0 Å². The maximum Gasteiger partial charge on any atom is 0.324 e. The van der Waals surface area contributed by atoms with E-state index in [9.17, 15) is 9.90 Å². The van der Waals surface area contributed by atoms with Gasteiger partial charge in [-0.3, -0.25) is 9.78 Å². The van der Waals surface area contributed by atoms with Gasteiger partial charge in [0.2, 0.25) is 0 Å². The SMILES string of the molecule is O=C(O)C1(c2cccnc2)CCCS1. The fourth-order valence-corrected chi connectivity index (χ4v) is 3.10. The van der Waals surface area contributed by atoms with Crippen LogP contribution in [0.25, 0.3) is 0 Å². The first-order chi connectivity index (χ1) is 6.76. The lowest BCUT2D eigenvalue weighted by Gasteiger charge is -2.22. The number of thioether (sulfide) groups is 1. The lowest BCUT2D eigenvalue weighted by atomic mass is 9.95. The van der Waals surface area contributed by atoms with Crippen molar-refractivity contribution in [1.82, 2.24) is 4.98 Å². The third kappa shape index (κ3) is 1.39. The minimum atomic E-state index is -0.743. The van der Waals surface area contributed by atoms with Gasteiger partial charge < -0.3 is 5.11 Å². The van der Waals surface area contributed by atoms with E-state index in [0.717, 1.165) is 17.7 Å². The highest BCUT2D eigenvalue weighted by molar-refractivity contribution is 8.01. The first-order valence-electron chi connectivity index (χ1n) is 4.53. The van der Waals surface area contributed by atoms with E-state index in [0.29, 0.717) is 6.42 Å². The average molecular weight is 209 g/mol. The number of carboxylic acids is 1. The van der Waals surface area contributed by atoms with E-state index in [1.54, 1.807) is 18.5 Å². The van der Waals surface area contributed by atoms with Gasteiger partial charge in [-0.2, -0.15) is 0 Å². The number of nitrogens with zero attached hydrogens (tertiary/aromatic N) is 1. The molecule has 2 rings (SSSR count). The van der Waals surface area contributed by atoms with Gasteiger partial charge in [0, 0.05) is 12.4 Å². The Hall–Kier alpha value is -1.03. The molecule has 0 aliphatic carbocycles. The predicted molar refractivity (Wildman–Crippen MR) is 55.2 cm³/mol. The molecule has 0 amide bonds. The number of hydrogen-bond acceptors (Lipinski definition) is 3. The zero-order chi connectivity index (χ0) is 10.0. The molecular weight excluding hydrogens is 198 g/mol. The van der Waals surface area contributed by atoms with Crippen LogP contribution in [0.15, 0.2) is 24.5 Å². The van der Waals surface area contributed by atoms with Gasteiger partial charge in [0.05, 0.1) is 0 Å². The standard InChI is InChI=1S/C10H11NO2S/c12-9(13)10(4-2-6-14-10)8-3-1-5-11-7-8/h1,3,5,7H,2,4,6H2,(H,12,13). The van der Waals surface area contributed by atoms with E-state index >= 15 is 0 Å². The predicted octanol–water partition coefficient (Wildman–Crippen LogP) is 1.89. The van der Waals surface area contributed by atoms with E-state index in [1.165, 1.54) is 11.8 Å². The average Bonchev–Trinajstić information content (AvgIpc) is 2.69. The first-order valence-corrected chi connectivity index (χ1v) is 5.52. The second-order valence-corrected chi connectivity index (χ2v) is 4.72. The quantitative estimate of drug-likeness (QED) is 0.808. The van der Waals surface area contributed by atoms with E-state index in [4.69, 9.17) is 0 Å². The third-order valence-corrected chi connectivity index (χ3v) is 4.10. The molecule has 1 fully saturated rings. The molecule has 0 spiro atoms. The first kappa shape index (κ1) is 9.52. The van der Waals surface area contributed by atoms with Gasteiger partial charge in [0.15, 0.2) is 0 Å². The van der Waals surface area contributed by atoms with Gasteiger partial charge in [-0.1, -0.05) is 6.07 Å². The summed E-state index contributed by atoms with van der Waals surface area (Å²) in [7, 11) is 0. The Morgan fingerprint density at radius 3 is 3.00 bits per heavy atom. The Labute approximate surface area is 86.5 Å². The molecule has 1 saturated heterocycles. The van der Waals surface area contributed by atoms with Crippen molar-refractivity contribution in [2.75, 3.05) is 5.75 Å². The van der Waals surface area contributed by atoms with Gasteiger partial charge in [-0.25, -0.2) is 0 Å². The Balaban J connectivity index is 2.42. The van der Waals surface area contributed by atoms with E-state index in [1.807, 2.05) is 6.07 Å². The molecule has 0 radical (unpaired) electrons. The summed E-state index contributed by atoms with van der Waals surface area (Å²) in [5.74, 6) is 0.175. The van der Waals surface area contributed by atoms with Gasteiger partial charge >= 0.3 is 5.97 Å². The monoisotopic (exact) mass is 209 g/mol. The van der Waals surface area contributed by atoms with Crippen molar-refractivity contribution in [3.8, 4) is 0 Å². The van der Waals surface area contributed by atoms with Gasteiger partial charge in [0.25, 0.3) is 0 Å². The highest BCUT2D eigenvalue weighted by Crippen LogP contribution is 2.46. The van der Waals surface area contributed by atoms with Gasteiger partial charge in [0.1, 0.15) is 4.75 Å². The zero-order valence-electron chi connectivity index (χ0n) is 7.64. The van der Waals surface area contributed by atoms with Crippen LogP contribution in [0.1, 0.15) is 18.4 Å². The maximum atomic E-state index is 11.3. The summed E-state index contributed by atoms with van der Waals surface area (Å²) in [6.07, 6.45) is 5.00. The second-order valence-electron chi connectivity index (χ2n) is 3.33. The van der Waals surface area contributed by atoms with E-state index in [2.05, 4.69) is 4.98 Å². The van der Waals surface area contributed by atoms with Crippen molar-refractivity contribution in [3.63, 3.8) is 0 Å². The lowest BCUT2D eigenvalue weighted by Crippen LogP contribution is -2.29. The molecule has 1 atom stereocenters. The van der Waals surface area contributed by atoms with Crippen LogP contribution >= 0.6 is 11.8 Å². The molecule has 0 saturated carbocycles. The molecule has 14 heavy (non-hydrogen) atoms. The molecule has 1 aliphatic heterocycles. The molecular formula is C10H11NO2S. The minimum absolute atomic E-state index is 0.707. The fourth-order valence-electron chi connectivity index (χ4n) is 1.76. The number of rotatable bonds is 2. The van der Waals surface area contributed by atoms with E-state index < -0.39 is 10.7 Å². The fraction of sp³-hybridized carbons (Fsp3) is 0.400. The lowest BCUT2D eigenvalue weighted by molar-refractivity contribution is -0.140. The summed E-state index contributed by atoms with van der Waals surface area (Å²) in [6.45, 7) is 0. The van der Waals surface area contributed by atoms with Crippen LogP contribution < -0.4 is 0 Å². The van der Waals surface area contributed by atoms with Crippen LogP contribution in [0.3, 0.4) is 0 Å². The Kier molecular flexibility index (Phi) is 2.46. The molecule has 4 heteroatoms. The van der Waals surface area contributed by atoms with Crippen molar-refractivity contribution < 1.29 is 9.90 Å². The van der Waals surface area contributed by atoms with Crippen LogP contribution in [0, 0.1) is 0 Å². The van der Waals surface area contributed by atoms with Crippen molar-refractivity contribution >= 4 is 17.7 Å². The zero-order valence-corrected chi connectivity index (χ0v) is 8.46. The Morgan fingerprint density at radius 2 is 2.50 bits per heavy atom. The van der Waals surface area contributed by atoms with Crippen LogP contribution in [0.4, 0.5) is 0 Å². The minimum Gasteiger partial charge on any atom is -0.480 e. The largest absolute Gasteiger partial charge is 0.480 e. The van der Waals surface area contributed by atoms with Crippen molar-refractivity contribution in [2.24, 2.45) is 0 Å². The summed E-state index contributed by atoms with van der Waals surface area (Å²) < 4.78 is -0.742. The van der Waals surface area contributed by atoms with Crippen molar-refractivity contribution in [1.29, 1.82) is 0 Å². The number of aromatic nitrogens is 1. The normalized spacial score (nSPS) is 26.3. The molecule has 3 nitrogen and oxygen atoms in total. The number of carbonyl (C=O) groups is 1. The van der Waals surface area contributed by atoms with Crippen LogP contribution in [-0.2, 0) is 9.54 Å². The number of hydrogen-bond donors (Lipinski definition) is 1. The summed E-state index contributed by atoms with van der Waals surface area (Å²) >= 11 is 1.51. The molecule has 74 valence electrons. The third-order valence-electron chi connectivity index (χ3n) is 2.49. The van der Waals surface area contributed by atoms with Crippen molar-refractivity contribution in [3.05, 3.63) is 30.1 Å². The maximum absolute atomic E-state index is 11.3. The number of pyridine rings is 1. The second kappa shape index (κ2) is 3.61. The Bertz CT molecular complexity index is 333. The molecule has 2 heterocycles. The number of aliphatic carboxylic acids is 1. The molecule has 0 bridgehead atoms. The highest BCUT2D eigenvalue weighted by atomic mass is 32.2.